The molecule has 4 aromatic rings. The van der Waals surface area contributed by atoms with Gasteiger partial charge in [-0.25, -0.2) is 8.78 Å². The predicted octanol–water partition coefficient (Wildman–Crippen LogP) is 2.87. The zero-order chi connectivity index (χ0) is 18.7. The number of rotatable bonds is 2. The molecule has 1 aliphatic rings. The maximum Gasteiger partial charge on any atom is 0.272 e. The summed E-state index contributed by atoms with van der Waals surface area (Å²) in [6, 6.07) is 4.67. The molecule has 138 valence electrons. The summed E-state index contributed by atoms with van der Waals surface area (Å²) in [4.78, 5) is 14.2. The van der Waals surface area contributed by atoms with Gasteiger partial charge < -0.3 is 4.90 Å². The van der Waals surface area contributed by atoms with Crippen LogP contribution in [0.1, 0.15) is 17.8 Å². The first-order chi connectivity index (χ1) is 13.1. The van der Waals surface area contributed by atoms with Crippen LogP contribution in [-0.4, -0.2) is 25.7 Å². The van der Waals surface area contributed by atoms with E-state index in [9.17, 15) is 13.6 Å². The fourth-order valence-corrected chi connectivity index (χ4v) is 4.63. The number of aryl methyl sites for hydroxylation is 2. The fourth-order valence-electron chi connectivity index (χ4n) is 3.78. The summed E-state index contributed by atoms with van der Waals surface area (Å²) in [6.45, 7) is 0.874. The van der Waals surface area contributed by atoms with Crippen LogP contribution in [0, 0.1) is 11.6 Å². The molecule has 0 bridgehead atoms. The Kier molecular flexibility index (Phi) is 3.55. The van der Waals surface area contributed by atoms with E-state index in [1.54, 1.807) is 18.0 Å². The number of halogens is 2. The van der Waals surface area contributed by atoms with Gasteiger partial charge in [-0.3, -0.25) is 13.8 Å². The van der Waals surface area contributed by atoms with Gasteiger partial charge in [-0.05, 0) is 35.9 Å². The minimum Gasteiger partial charge on any atom is -0.361 e. The summed E-state index contributed by atoms with van der Waals surface area (Å²) in [5.41, 5.74) is 1.70. The van der Waals surface area contributed by atoms with E-state index in [4.69, 9.17) is 0 Å². The van der Waals surface area contributed by atoms with E-state index in [1.807, 2.05) is 15.8 Å². The highest BCUT2D eigenvalue weighted by Crippen LogP contribution is 2.32. The lowest BCUT2D eigenvalue weighted by Crippen LogP contribution is -2.31. The van der Waals surface area contributed by atoms with Crippen LogP contribution in [0.2, 0.25) is 0 Å². The first-order valence-electron chi connectivity index (χ1n) is 8.58. The summed E-state index contributed by atoms with van der Waals surface area (Å²) in [5, 5.41) is 10.3. The van der Waals surface area contributed by atoms with Crippen molar-refractivity contribution in [1.82, 2.24) is 19.2 Å². The molecule has 3 aromatic heterocycles. The molecule has 0 fully saturated rings. The highest BCUT2D eigenvalue weighted by molar-refractivity contribution is 7.17. The predicted molar refractivity (Wildman–Crippen MR) is 99.3 cm³/mol. The zero-order valence-electron chi connectivity index (χ0n) is 14.4. The molecule has 0 saturated heterocycles. The number of nitrogens with zero attached hydrogens (tertiary/aromatic N) is 5. The molecule has 0 N–H and O–H groups in total. The van der Waals surface area contributed by atoms with Gasteiger partial charge in [-0.15, -0.1) is 21.5 Å². The summed E-state index contributed by atoms with van der Waals surface area (Å²) in [5.74, 6) is -0.665. The molecular weight excluding hydrogens is 372 g/mol. The van der Waals surface area contributed by atoms with Crippen LogP contribution in [0.25, 0.3) is 16.0 Å². The number of hydrogen-bond acceptors (Lipinski definition) is 5. The Hall–Kier alpha value is -2.81. The standard InChI is InChI=1S/C18H15F2N5OS/c1-23-17(26)16-12(6-8-27-16)25-13(21-22-18(23)25)9-24-7-2-3-10-4-5-11(19)14(20)15(10)24/h4-6,8H,2-3,7,9H2,1H3. The number of aromatic nitrogens is 4. The Morgan fingerprint density at radius 2 is 2.07 bits per heavy atom. The van der Waals surface area contributed by atoms with E-state index < -0.39 is 11.6 Å². The number of benzene rings is 1. The summed E-state index contributed by atoms with van der Waals surface area (Å²) >= 11 is 1.36. The number of fused-ring (bicyclic) bond motifs is 4. The lowest BCUT2D eigenvalue weighted by molar-refractivity contribution is 0.498. The molecule has 4 heterocycles. The second-order valence-electron chi connectivity index (χ2n) is 6.64. The average molecular weight is 387 g/mol. The Balaban J connectivity index is 1.68. The number of hydrogen-bond donors (Lipinski definition) is 0. The molecule has 5 rings (SSSR count). The van der Waals surface area contributed by atoms with Gasteiger partial charge in [-0.1, -0.05) is 6.07 Å². The van der Waals surface area contributed by atoms with Crippen LogP contribution in [0.3, 0.4) is 0 Å². The second-order valence-corrected chi connectivity index (χ2v) is 7.56. The third kappa shape index (κ3) is 2.31. The van der Waals surface area contributed by atoms with E-state index in [1.165, 1.54) is 22.0 Å². The summed E-state index contributed by atoms with van der Waals surface area (Å²) < 4.78 is 32.2. The third-order valence-corrected chi connectivity index (χ3v) is 5.96. The Labute approximate surface area is 156 Å². The Morgan fingerprint density at radius 1 is 1.22 bits per heavy atom. The first kappa shape index (κ1) is 16.4. The lowest BCUT2D eigenvalue weighted by atomic mass is 10.0. The van der Waals surface area contributed by atoms with Crippen molar-refractivity contribution in [2.45, 2.75) is 19.4 Å². The molecule has 0 atom stereocenters. The topological polar surface area (TPSA) is 55.4 Å². The van der Waals surface area contributed by atoms with Crippen LogP contribution >= 0.6 is 11.3 Å². The van der Waals surface area contributed by atoms with Gasteiger partial charge in [0, 0.05) is 13.6 Å². The molecule has 0 unspecified atom stereocenters. The van der Waals surface area contributed by atoms with Crippen molar-refractivity contribution in [3.05, 3.63) is 57.0 Å². The van der Waals surface area contributed by atoms with E-state index in [-0.39, 0.29) is 12.1 Å². The maximum absolute atomic E-state index is 14.5. The molecule has 0 aliphatic carbocycles. The van der Waals surface area contributed by atoms with Crippen molar-refractivity contribution in [1.29, 1.82) is 0 Å². The van der Waals surface area contributed by atoms with E-state index in [2.05, 4.69) is 10.2 Å². The van der Waals surface area contributed by atoms with Crippen molar-refractivity contribution >= 4 is 33.0 Å². The van der Waals surface area contributed by atoms with Crippen LogP contribution < -0.4 is 10.5 Å². The van der Waals surface area contributed by atoms with E-state index >= 15 is 0 Å². The fraction of sp³-hybridized carbons (Fsp3) is 0.278. The van der Waals surface area contributed by atoms with Crippen LogP contribution in [0.4, 0.5) is 14.5 Å². The van der Waals surface area contributed by atoms with Crippen LogP contribution in [0.5, 0.6) is 0 Å². The van der Waals surface area contributed by atoms with Gasteiger partial charge >= 0.3 is 0 Å². The molecule has 0 amide bonds. The quantitative estimate of drug-likeness (QED) is 0.531. The molecule has 27 heavy (non-hydrogen) atoms. The minimum absolute atomic E-state index is 0.122. The molecule has 1 aromatic carbocycles. The van der Waals surface area contributed by atoms with Crippen LogP contribution in [0.15, 0.2) is 28.4 Å². The molecule has 0 saturated carbocycles. The smallest absolute Gasteiger partial charge is 0.272 e. The van der Waals surface area contributed by atoms with Crippen molar-refractivity contribution in [3.63, 3.8) is 0 Å². The van der Waals surface area contributed by atoms with Crippen molar-refractivity contribution < 1.29 is 8.78 Å². The van der Waals surface area contributed by atoms with Gasteiger partial charge in [0.15, 0.2) is 17.5 Å². The average Bonchev–Trinajstić information content (AvgIpc) is 3.30. The van der Waals surface area contributed by atoms with Gasteiger partial charge in [0.05, 0.1) is 17.7 Å². The minimum atomic E-state index is -0.852. The van der Waals surface area contributed by atoms with E-state index in [0.29, 0.717) is 35.0 Å². The van der Waals surface area contributed by atoms with Crippen LogP contribution in [-0.2, 0) is 20.0 Å². The lowest BCUT2D eigenvalue weighted by Gasteiger charge is -2.31. The highest BCUT2D eigenvalue weighted by atomic mass is 32.1. The van der Waals surface area contributed by atoms with E-state index in [0.717, 1.165) is 17.5 Å². The van der Waals surface area contributed by atoms with Gasteiger partial charge in [-0.2, -0.15) is 0 Å². The van der Waals surface area contributed by atoms with Crippen molar-refractivity contribution in [3.8, 4) is 0 Å². The van der Waals surface area contributed by atoms with Gasteiger partial charge in [0.25, 0.3) is 5.56 Å². The third-order valence-electron chi connectivity index (χ3n) is 5.07. The number of thiophene rings is 1. The summed E-state index contributed by atoms with van der Waals surface area (Å²) in [6.07, 6.45) is 1.56. The SMILES string of the molecule is Cn1c(=O)c2sccc2n2c(CN3CCCc4ccc(F)c(F)c43)nnc12. The van der Waals surface area contributed by atoms with Crippen molar-refractivity contribution in [2.24, 2.45) is 7.05 Å². The number of anilines is 1. The normalized spacial score (nSPS) is 14.3. The van der Waals surface area contributed by atoms with Gasteiger partial charge in [0.2, 0.25) is 5.78 Å². The van der Waals surface area contributed by atoms with Gasteiger partial charge in [0.1, 0.15) is 4.70 Å². The summed E-state index contributed by atoms with van der Waals surface area (Å²) in [7, 11) is 1.65. The molecular formula is C18H15F2N5OS. The molecule has 6 nitrogen and oxygen atoms in total. The maximum atomic E-state index is 14.5. The molecule has 9 heteroatoms. The molecule has 0 radical (unpaired) electrons. The molecule has 1 aliphatic heterocycles. The Morgan fingerprint density at radius 3 is 2.93 bits per heavy atom. The first-order valence-corrected chi connectivity index (χ1v) is 9.46. The monoisotopic (exact) mass is 387 g/mol. The molecule has 0 spiro atoms. The second kappa shape index (κ2) is 5.85. The van der Waals surface area contributed by atoms with Crippen molar-refractivity contribution in [2.75, 3.05) is 11.4 Å². The Bertz CT molecular complexity index is 1260. The largest absolute Gasteiger partial charge is 0.361 e. The highest BCUT2D eigenvalue weighted by Gasteiger charge is 2.25. The zero-order valence-corrected chi connectivity index (χ0v) is 15.3.